The van der Waals surface area contributed by atoms with Gasteiger partial charge >= 0.3 is 0 Å². The number of hydrogen-bond acceptors (Lipinski definition) is 4. The molecule has 1 amide bonds. The summed E-state index contributed by atoms with van der Waals surface area (Å²) in [5, 5.41) is 4.16. The maximum atomic E-state index is 13.4. The highest BCUT2D eigenvalue weighted by Gasteiger charge is 2.26. The third-order valence-corrected chi connectivity index (χ3v) is 8.52. The van der Waals surface area contributed by atoms with Crippen LogP contribution in [0.4, 0.5) is 0 Å². The lowest BCUT2D eigenvalue weighted by Crippen LogP contribution is -2.40. The summed E-state index contributed by atoms with van der Waals surface area (Å²) in [7, 11) is -3.87. The average molecular weight is 543 g/mol. The Labute approximate surface area is 230 Å². The molecule has 0 aliphatic heterocycles. The van der Waals surface area contributed by atoms with Crippen molar-refractivity contribution >= 4 is 22.1 Å². The molecule has 4 rings (SSSR count). The van der Waals surface area contributed by atoms with Crippen molar-refractivity contribution in [1.82, 2.24) is 14.3 Å². The van der Waals surface area contributed by atoms with Crippen molar-refractivity contribution in [2.75, 3.05) is 13.1 Å². The third kappa shape index (κ3) is 6.71. The van der Waals surface area contributed by atoms with Crippen LogP contribution in [-0.4, -0.2) is 42.5 Å². The van der Waals surface area contributed by atoms with E-state index < -0.39 is 15.9 Å². The van der Waals surface area contributed by atoms with Gasteiger partial charge < -0.3 is 4.57 Å². The van der Waals surface area contributed by atoms with E-state index in [-0.39, 0.29) is 18.0 Å². The van der Waals surface area contributed by atoms with Gasteiger partial charge in [-0.15, -0.1) is 0 Å². The predicted molar refractivity (Wildman–Crippen MR) is 156 cm³/mol. The molecule has 0 bridgehead atoms. The topological polar surface area (TPSA) is 83.8 Å². The average Bonchev–Trinajstić information content (AvgIpc) is 3.21. The minimum Gasteiger partial charge on any atom is -0.318 e. The van der Waals surface area contributed by atoms with E-state index in [1.165, 1.54) is 22.0 Å². The summed E-state index contributed by atoms with van der Waals surface area (Å²) in [6.07, 6.45) is 2.08. The van der Waals surface area contributed by atoms with E-state index in [1.54, 1.807) is 24.4 Å². The number of aryl methyl sites for hydroxylation is 3. The molecule has 202 valence electrons. The molecule has 4 aromatic rings. The number of carbonyl (C=O) groups excluding carboxylic acids is 1. The molecule has 0 fully saturated rings. The van der Waals surface area contributed by atoms with Crippen molar-refractivity contribution in [2.24, 2.45) is 5.10 Å². The lowest BCUT2D eigenvalue weighted by atomic mass is 10.1. The van der Waals surface area contributed by atoms with Gasteiger partial charge in [0.05, 0.1) is 17.7 Å². The van der Waals surface area contributed by atoms with Crippen molar-refractivity contribution in [3.05, 3.63) is 119 Å². The zero-order chi connectivity index (χ0) is 28.0. The Morgan fingerprint density at radius 2 is 1.59 bits per heavy atom. The fourth-order valence-electron chi connectivity index (χ4n) is 4.54. The van der Waals surface area contributed by atoms with Crippen molar-refractivity contribution < 1.29 is 13.2 Å². The summed E-state index contributed by atoms with van der Waals surface area (Å²) >= 11 is 0. The number of benzene rings is 3. The second kappa shape index (κ2) is 12.2. The van der Waals surface area contributed by atoms with Gasteiger partial charge in [-0.3, -0.25) is 4.79 Å². The van der Waals surface area contributed by atoms with Crippen molar-refractivity contribution in [3.8, 4) is 5.69 Å². The number of amides is 1. The van der Waals surface area contributed by atoms with Crippen LogP contribution >= 0.6 is 0 Å². The third-order valence-electron chi connectivity index (χ3n) is 6.66. The van der Waals surface area contributed by atoms with Crippen molar-refractivity contribution in [1.29, 1.82) is 0 Å². The highest BCUT2D eigenvalue weighted by molar-refractivity contribution is 7.89. The number of carbonyl (C=O) groups is 1. The summed E-state index contributed by atoms with van der Waals surface area (Å²) in [5.41, 5.74) is 9.86. The van der Waals surface area contributed by atoms with Gasteiger partial charge in [-0.1, -0.05) is 60.7 Å². The molecule has 0 spiro atoms. The number of hydrogen-bond donors (Lipinski definition) is 1. The molecule has 0 aliphatic rings. The molecular formula is C31H34N4O3S. The van der Waals surface area contributed by atoms with Crippen LogP contribution in [0.3, 0.4) is 0 Å². The van der Waals surface area contributed by atoms with Gasteiger partial charge in [-0.05, 0) is 75.1 Å². The van der Waals surface area contributed by atoms with Crippen molar-refractivity contribution in [2.45, 2.75) is 39.0 Å². The standard InChI is InChI=1S/C31H34N4O3S/c1-23-15-16-24(2)30(19-23)35-25(3)20-28(26(35)4)21-32-33-31(36)22-34(18-17-27-11-7-5-8-12-27)39(37,38)29-13-9-6-10-14-29/h5-16,19-21H,17-18,22H2,1-4H3,(H,33,36)/b32-21+. The van der Waals surface area contributed by atoms with Gasteiger partial charge in [0.1, 0.15) is 0 Å². The van der Waals surface area contributed by atoms with E-state index in [9.17, 15) is 13.2 Å². The Bertz CT molecular complexity index is 1580. The number of sulfonamides is 1. The van der Waals surface area contributed by atoms with E-state index in [1.807, 2.05) is 50.2 Å². The zero-order valence-corrected chi connectivity index (χ0v) is 23.6. The molecule has 3 aromatic carbocycles. The van der Waals surface area contributed by atoms with Crippen LogP contribution in [0.15, 0.2) is 94.9 Å². The quantitative estimate of drug-likeness (QED) is 0.224. The molecule has 1 N–H and O–H groups in total. The number of nitrogens with one attached hydrogen (secondary N) is 1. The number of nitrogens with zero attached hydrogens (tertiary/aromatic N) is 3. The van der Waals surface area contributed by atoms with Crippen LogP contribution < -0.4 is 5.43 Å². The first-order valence-corrected chi connectivity index (χ1v) is 14.3. The SMILES string of the molecule is Cc1ccc(C)c(-n2c(C)cc(/C=N/NC(=O)CN(CCc3ccccc3)S(=O)(=O)c3ccccc3)c2C)c1. The molecule has 0 aliphatic carbocycles. The fraction of sp³-hybridized carbons (Fsp3) is 0.226. The normalized spacial score (nSPS) is 11.8. The van der Waals surface area contributed by atoms with Gasteiger partial charge in [0.25, 0.3) is 5.91 Å². The van der Waals surface area contributed by atoms with Gasteiger partial charge in [-0.2, -0.15) is 9.41 Å². The van der Waals surface area contributed by atoms with E-state index in [0.717, 1.165) is 33.8 Å². The van der Waals surface area contributed by atoms with Gasteiger partial charge in [0.15, 0.2) is 0 Å². The van der Waals surface area contributed by atoms with E-state index >= 15 is 0 Å². The lowest BCUT2D eigenvalue weighted by Gasteiger charge is -2.21. The van der Waals surface area contributed by atoms with Crippen LogP contribution in [0.5, 0.6) is 0 Å². The summed E-state index contributed by atoms with van der Waals surface area (Å²) in [6.45, 7) is 8.00. The minimum absolute atomic E-state index is 0.147. The number of aromatic nitrogens is 1. The summed E-state index contributed by atoms with van der Waals surface area (Å²) in [4.78, 5) is 13.0. The highest BCUT2D eigenvalue weighted by Crippen LogP contribution is 2.23. The molecule has 1 aromatic heterocycles. The molecule has 1 heterocycles. The summed E-state index contributed by atoms with van der Waals surface area (Å²) < 4.78 is 30.1. The van der Waals surface area contributed by atoms with Crippen LogP contribution in [-0.2, 0) is 21.2 Å². The van der Waals surface area contributed by atoms with Gasteiger partial charge in [0, 0.05) is 29.2 Å². The minimum atomic E-state index is -3.87. The van der Waals surface area contributed by atoms with Gasteiger partial charge in [-0.25, -0.2) is 13.8 Å². The zero-order valence-electron chi connectivity index (χ0n) is 22.8. The Morgan fingerprint density at radius 3 is 2.28 bits per heavy atom. The lowest BCUT2D eigenvalue weighted by molar-refractivity contribution is -0.121. The molecule has 8 heteroatoms. The largest absolute Gasteiger partial charge is 0.318 e. The van der Waals surface area contributed by atoms with Crippen LogP contribution in [0.1, 0.15) is 33.6 Å². The Hall–Kier alpha value is -4.01. The molecule has 0 radical (unpaired) electrons. The summed E-state index contributed by atoms with van der Waals surface area (Å²) in [6, 6.07) is 26.1. The molecule has 0 unspecified atom stereocenters. The van der Waals surface area contributed by atoms with Crippen LogP contribution in [0, 0.1) is 27.7 Å². The second-order valence-corrected chi connectivity index (χ2v) is 11.6. The fourth-order valence-corrected chi connectivity index (χ4v) is 5.96. The van der Waals surface area contributed by atoms with E-state index in [2.05, 4.69) is 47.1 Å². The molecule has 0 atom stereocenters. The Balaban J connectivity index is 1.49. The Morgan fingerprint density at radius 1 is 0.923 bits per heavy atom. The highest BCUT2D eigenvalue weighted by atomic mass is 32.2. The van der Waals surface area contributed by atoms with Crippen molar-refractivity contribution in [3.63, 3.8) is 0 Å². The second-order valence-electron chi connectivity index (χ2n) is 9.63. The molecule has 7 nitrogen and oxygen atoms in total. The van der Waals surface area contributed by atoms with Crippen LogP contribution in [0.2, 0.25) is 0 Å². The predicted octanol–water partition coefficient (Wildman–Crippen LogP) is 5.09. The summed E-state index contributed by atoms with van der Waals surface area (Å²) in [5.74, 6) is -0.512. The number of hydrazone groups is 1. The first-order valence-electron chi connectivity index (χ1n) is 12.8. The van der Waals surface area contributed by atoms with Gasteiger partial charge in [0.2, 0.25) is 10.0 Å². The molecule has 0 saturated carbocycles. The molecule has 39 heavy (non-hydrogen) atoms. The number of rotatable bonds is 10. The first kappa shape index (κ1) is 28.0. The molecule has 0 saturated heterocycles. The first-order chi connectivity index (χ1) is 18.7. The molecular weight excluding hydrogens is 508 g/mol. The van der Waals surface area contributed by atoms with Crippen LogP contribution in [0.25, 0.3) is 5.69 Å². The maximum absolute atomic E-state index is 13.4. The van der Waals surface area contributed by atoms with E-state index in [0.29, 0.717) is 6.42 Å². The Kier molecular flexibility index (Phi) is 8.79. The maximum Gasteiger partial charge on any atom is 0.255 e. The smallest absolute Gasteiger partial charge is 0.255 e. The monoisotopic (exact) mass is 542 g/mol. The van der Waals surface area contributed by atoms with E-state index in [4.69, 9.17) is 0 Å².